The lowest BCUT2D eigenvalue weighted by Gasteiger charge is -2.19. The van der Waals surface area contributed by atoms with E-state index in [1.54, 1.807) is 11.9 Å². The van der Waals surface area contributed by atoms with E-state index in [1.807, 2.05) is 30.3 Å². The highest BCUT2D eigenvalue weighted by Crippen LogP contribution is 2.06. The first-order valence-electron chi connectivity index (χ1n) is 5.50. The Labute approximate surface area is 106 Å². The predicted octanol–water partition coefficient (Wildman–Crippen LogP) is 0.491. The molecule has 0 radical (unpaired) electrons. The van der Waals surface area contributed by atoms with Crippen LogP contribution < -0.4 is 10.6 Å². The van der Waals surface area contributed by atoms with Crippen LogP contribution >= 0.6 is 12.2 Å². The zero-order valence-electron chi connectivity index (χ0n) is 9.64. The summed E-state index contributed by atoms with van der Waals surface area (Å²) >= 11 is 5.09. The third-order valence-electron chi connectivity index (χ3n) is 2.74. The highest BCUT2D eigenvalue weighted by molar-refractivity contribution is 7.80. The van der Waals surface area contributed by atoms with E-state index < -0.39 is 0 Å². The van der Waals surface area contributed by atoms with E-state index in [0.717, 1.165) is 5.56 Å². The summed E-state index contributed by atoms with van der Waals surface area (Å²) in [4.78, 5) is 13.7. The Balaban J connectivity index is 2.12. The molecule has 0 spiro atoms. The van der Waals surface area contributed by atoms with Crippen LogP contribution in [0.1, 0.15) is 5.56 Å². The number of likely N-dealkylation sites (N-methyl/N-ethyl adjacent to an activating group) is 1. The molecular weight excluding hydrogens is 234 g/mol. The molecule has 1 aliphatic rings. The second kappa shape index (κ2) is 5.14. The van der Waals surface area contributed by atoms with Gasteiger partial charge in [0.15, 0.2) is 5.11 Å². The molecule has 1 heterocycles. The summed E-state index contributed by atoms with van der Waals surface area (Å²) in [5.41, 5.74) is 1.12. The molecule has 0 saturated carbocycles. The maximum atomic E-state index is 12.1. The number of nitrogens with zero attached hydrogens (tertiary/aromatic N) is 1. The Bertz CT molecular complexity index is 421. The molecule has 0 bridgehead atoms. The summed E-state index contributed by atoms with van der Waals surface area (Å²) in [6.45, 7) is 0.454. The first kappa shape index (κ1) is 11.9. The van der Waals surface area contributed by atoms with E-state index in [9.17, 15) is 4.79 Å². The van der Waals surface area contributed by atoms with Gasteiger partial charge in [0.1, 0.15) is 6.04 Å². The quantitative estimate of drug-likeness (QED) is 0.749. The predicted molar refractivity (Wildman–Crippen MR) is 70.4 cm³/mol. The molecule has 0 aliphatic carbocycles. The number of hydrogen-bond donors (Lipinski definition) is 2. The van der Waals surface area contributed by atoms with Gasteiger partial charge in [0.05, 0.1) is 6.67 Å². The van der Waals surface area contributed by atoms with Gasteiger partial charge in [-0.15, -0.1) is 0 Å². The fourth-order valence-electron chi connectivity index (χ4n) is 1.79. The van der Waals surface area contributed by atoms with Gasteiger partial charge >= 0.3 is 0 Å². The van der Waals surface area contributed by atoms with Crippen LogP contribution in [0.3, 0.4) is 0 Å². The van der Waals surface area contributed by atoms with Crippen LogP contribution in [-0.4, -0.2) is 35.7 Å². The normalized spacial score (nSPS) is 20.5. The molecule has 90 valence electrons. The lowest BCUT2D eigenvalue weighted by molar-refractivity contribution is -0.131. The standard InChI is InChI=1S/C12H15N3OS/c1-15-8-13-12(17)14-10(11(15)16)7-9-5-3-2-4-6-9/h2-6,10H,7-8H2,1H3,(H2,13,14,17). The van der Waals surface area contributed by atoms with E-state index >= 15 is 0 Å². The average molecular weight is 249 g/mol. The van der Waals surface area contributed by atoms with Crippen molar-refractivity contribution < 1.29 is 4.79 Å². The average Bonchev–Trinajstić information content (AvgIpc) is 2.45. The summed E-state index contributed by atoms with van der Waals surface area (Å²) in [6.07, 6.45) is 0.645. The number of nitrogens with one attached hydrogen (secondary N) is 2. The summed E-state index contributed by atoms with van der Waals surface area (Å²) < 4.78 is 0. The SMILES string of the molecule is CN1CNC(=S)NC(Cc2ccccc2)C1=O. The summed E-state index contributed by atoms with van der Waals surface area (Å²) in [5, 5.41) is 6.53. The minimum atomic E-state index is -0.287. The molecule has 1 atom stereocenters. The van der Waals surface area contributed by atoms with Gasteiger partial charge in [-0.05, 0) is 17.8 Å². The summed E-state index contributed by atoms with van der Waals surface area (Å²) in [5.74, 6) is 0.0567. The lowest BCUT2D eigenvalue weighted by Crippen LogP contribution is -2.44. The van der Waals surface area contributed by atoms with Crippen molar-refractivity contribution in [1.29, 1.82) is 0 Å². The molecule has 2 N–H and O–H groups in total. The van der Waals surface area contributed by atoms with Crippen molar-refractivity contribution in [1.82, 2.24) is 15.5 Å². The molecule has 1 aromatic carbocycles. The fraction of sp³-hybridized carbons (Fsp3) is 0.333. The van der Waals surface area contributed by atoms with Gasteiger partial charge < -0.3 is 15.5 Å². The van der Waals surface area contributed by atoms with E-state index in [1.165, 1.54) is 0 Å². The number of hydrogen-bond acceptors (Lipinski definition) is 2. The number of carbonyl (C=O) groups is 1. The monoisotopic (exact) mass is 249 g/mol. The second-order valence-electron chi connectivity index (χ2n) is 4.09. The van der Waals surface area contributed by atoms with Crippen molar-refractivity contribution in [2.75, 3.05) is 13.7 Å². The van der Waals surface area contributed by atoms with Gasteiger partial charge in [-0.3, -0.25) is 4.79 Å². The maximum Gasteiger partial charge on any atom is 0.246 e. The first-order chi connectivity index (χ1) is 8.16. The van der Waals surface area contributed by atoms with Crippen molar-refractivity contribution >= 4 is 23.2 Å². The van der Waals surface area contributed by atoms with Gasteiger partial charge in [-0.25, -0.2) is 0 Å². The number of rotatable bonds is 2. The second-order valence-corrected chi connectivity index (χ2v) is 4.50. The fourth-order valence-corrected chi connectivity index (χ4v) is 2.00. The van der Waals surface area contributed by atoms with Crippen LogP contribution in [0.4, 0.5) is 0 Å². The minimum absolute atomic E-state index is 0.0567. The molecule has 1 aromatic rings. The molecule has 1 fully saturated rings. The zero-order chi connectivity index (χ0) is 12.3. The molecule has 4 nitrogen and oxygen atoms in total. The van der Waals surface area contributed by atoms with Crippen LogP contribution in [0.2, 0.25) is 0 Å². The van der Waals surface area contributed by atoms with Crippen LogP contribution in [0, 0.1) is 0 Å². The Hall–Kier alpha value is -1.62. The zero-order valence-corrected chi connectivity index (χ0v) is 10.5. The van der Waals surface area contributed by atoms with E-state index in [0.29, 0.717) is 18.2 Å². The molecule has 0 aromatic heterocycles. The van der Waals surface area contributed by atoms with Gasteiger partial charge in [0, 0.05) is 13.5 Å². The van der Waals surface area contributed by atoms with E-state index in [-0.39, 0.29) is 11.9 Å². The first-order valence-corrected chi connectivity index (χ1v) is 5.91. The van der Waals surface area contributed by atoms with Crippen molar-refractivity contribution in [2.24, 2.45) is 0 Å². The van der Waals surface area contributed by atoms with E-state index in [4.69, 9.17) is 12.2 Å². The Kier molecular flexibility index (Phi) is 3.58. The highest BCUT2D eigenvalue weighted by Gasteiger charge is 2.25. The summed E-state index contributed by atoms with van der Waals surface area (Å²) in [6, 6.07) is 9.63. The smallest absolute Gasteiger partial charge is 0.246 e. The molecule has 5 heteroatoms. The molecule has 17 heavy (non-hydrogen) atoms. The highest BCUT2D eigenvalue weighted by atomic mass is 32.1. The minimum Gasteiger partial charge on any atom is -0.351 e. The Morgan fingerprint density at radius 3 is 2.82 bits per heavy atom. The third-order valence-corrected chi connectivity index (χ3v) is 3.00. The lowest BCUT2D eigenvalue weighted by atomic mass is 10.1. The topological polar surface area (TPSA) is 44.4 Å². The summed E-state index contributed by atoms with van der Waals surface area (Å²) in [7, 11) is 1.77. The largest absolute Gasteiger partial charge is 0.351 e. The van der Waals surface area contributed by atoms with Crippen molar-refractivity contribution in [3.8, 4) is 0 Å². The van der Waals surface area contributed by atoms with Gasteiger partial charge in [0.2, 0.25) is 5.91 Å². The van der Waals surface area contributed by atoms with Crippen molar-refractivity contribution in [3.63, 3.8) is 0 Å². The number of benzene rings is 1. The molecule has 1 amide bonds. The Morgan fingerprint density at radius 1 is 1.41 bits per heavy atom. The number of carbonyl (C=O) groups excluding carboxylic acids is 1. The van der Waals surface area contributed by atoms with Crippen molar-refractivity contribution in [3.05, 3.63) is 35.9 Å². The van der Waals surface area contributed by atoms with Gasteiger partial charge in [-0.1, -0.05) is 30.3 Å². The third kappa shape index (κ3) is 2.94. The van der Waals surface area contributed by atoms with Crippen LogP contribution in [0.5, 0.6) is 0 Å². The van der Waals surface area contributed by atoms with Gasteiger partial charge in [0.25, 0.3) is 0 Å². The van der Waals surface area contributed by atoms with E-state index in [2.05, 4.69) is 10.6 Å². The number of thiocarbonyl (C=S) groups is 1. The molecular formula is C12H15N3OS. The molecule has 1 aliphatic heterocycles. The van der Waals surface area contributed by atoms with Crippen molar-refractivity contribution in [2.45, 2.75) is 12.5 Å². The molecule has 2 rings (SSSR count). The maximum absolute atomic E-state index is 12.1. The molecule has 1 saturated heterocycles. The molecule has 1 unspecified atom stereocenters. The van der Waals surface area contributed by atoms with Crippen LogP contribution in [0.25, 0.3) is 0 Å². The van der Waals surface area contributed by atoms with Crippen LogP contribution in [-0.2, 0) is 11.2 Å². The number of amides is 1. The Morgan fingerprint density at radius 2 is 2.12 bits per heavy atom. The van der Waals surface area contributed by atoms with Gasteiger partial charge in [-0.2, -0.15) is 0 Å². The van der Waals surface area contributed by atoms with Crippen LogP contribution in [0.15, 0.2) is 30.3 Å².